The third-order valence-corrected chi connectivity index (χ3v) is 2.85. The van der Waals surface area contributed by atoms with Crippen molar-refractivity contribution in [3.8, 4) is 5.75 Å². The fourth-order valence-corrected chi connectivity index (χ4v) is 1.96. The van der Waals surface area contributed by atoms with Crippen LogP contribution in [0.3, 0.4) is 0 Å². The smallest absolute Gasteiger partial charge is 0.143 e. The van der Waals surface area contributed by atoms with Crippen LogP contribution in [0.1, 0.15) is 5.56 Å². The molecular weight excluding hydrogens is 228 g/mol. The average Bonchev–Trinajstić information content (AvgIpc) is 2.75. The van der Waals surface area contributed by atoms with Crippen molar-refractivity contribution < 1.29 is 4.74 Å². The van der Waals surface area contributed by atoms with Crippen LogP contribution in [0, 0.1) is 0 Å². The third kappa shape index (κ3) is 2.40. The Morgan fingerprint density at radius 3 is 2.83 bits per heavy atom. The number of hydrogen-bond acceptors (Lipinski definition) is 4. The second-order valence-corrected chi connectivity index (χ2v) is 4.27. The molecule has 0 saturated heterocycles. The standard InChI is InChI=1S/C13H18N4O/c1-16(8-10-7-15-17(2)9-10)11-5-4-6-12(18-3)13(11)14/h4-7,9H,8,14H2,1-3H3. The zero-order valence-corrected chi connectivity index (χ0v) is 10.9. The van der Waals surface area contributed by atoms with Gasteiger partial charge in [0.1, 0.15) is 5.75 Å². The molecule has 0 spiro atoms. The third-order valence-electron chi connectivity index (χ3n) is 2.85. The lowest BCUT2D eigenvalue weighted by atomic mass is 10.2. The van der Waals surface area contributed by atoms with Crippen LogP contribution in [0.25, 0.3) is 0 Å². The Kier molecular flexibility index (Phi) is 3.41. The van der Waals surface area contributed by atoms with Gasteiger partial charge in [0.2, 0.25) is 0 Å². The average molecular weight is 246 g/mol. The Morgan fingerprint density at radius 2 is 2.22 bits per heavy atom. The SMILES string of the molecule is COc1cccc(N(C)Cc2cnn(C)c2)c1N. The highest BCUT2D eigenvalue weighted by atomic mass is 16.5. The minimum absolute atomic E-state index is 0.659. The molecule has 5 heteroatoms. The predicted octanol–water partition coefficient (Wildman–Crippen LogP) is 1.65. The normalized spacial score (nSPS) is 10.4. The van der Waals surface area contributed by atoms with E-state index in [0.717, 1.165) is 17.8 Å². The largest absolute Gasteiger partial charge is 0.495 e. The number of methoxy groups -OCH3 is 1. The molecule has 2 rings (SSSR count). The number of ether oxygens (including phenoxy) is 1. The van der Waals surface area contributed by atoms with Crippen molar-refractivity contribution >= 4 is 11.4 Å². The van der Waals surface area contributed by atoms with E-state index in [4.69, 9.17) is 10.5 Å². The molecule has 18 heavy (non-hydrogen) atoms. The highest BCUT2D eigenvalue weighted by Crippen LogP contribution is 2.31. The Hall–Kier alpha value is -2.17. The van der Waals surface area contributed by atoms with Gasteiger partial charge in [-0.3, -0.25) is 4.68 Å². The zero-order chi connectivity index (χ0) is 13.1. The lowest BCUT2D eigenvalue weighted by Gasteiger charge is -2.21. The molecule has 5 nitrogen and oxygen atoms in total. The summed E-state index contributed by atoms with van der Waals surface area (Å²) in [4.78, 5) is 2.08. The first-order valence-electron chi connectivity index (χ1n) is 5.73. The first-order valence-corrected chi connectivity index (χ1v) is 5.73. The fraction of sp³-hybridized carbons (Fsp3) is 0.308. The second-order valence-electron chi connectivity index (χ2n) is 4.27. The number of rotatable bonds is 4. The molecule has 0 bridgehead atoms. The van der Waals surface area contributed by atoms with Crippen LogP contribution in [0.15, 0.2) is 30.6 Å². The van der Waals surface area contributed by atoms with E-state index in [-0.39, 0.29) is 0 Å². The molecule has 1 heterocycles. The van der Waals surface area contributed by atoms with Gasteiger partial charge in [0.15, 0.2) is 0 Å². The summed E-state index contributed by atoms with van der Waals surface area (Å²) in [6, 6.07) is 5.77. The van der Waals surface area contributed by atoms with Gasteiger partial charge < -0.3 is 15.4 Å². The molecule has 0 amide bonds. The van der Waals surface area contributed by atoms with Crippen LogP contribution in [0.5, 0.6) is 5.75 Å². The molecule has 2 aromatic rings. The Balaban J connectivity index is 2.21. The van der Waals surface area contributed by atoms with Crippen molar-refractivity contribution in [2.75, 3.05) is 24.8 Å². The summed E-state index contributed by atoms with van der Waals surface area (Å²) in [5.74, 6) is 0.700. The summed E-state index contributed by atoms with van der Waals surface area (Å²) < 4.78 is 7.01. The molecule has 0 unspecified atom stereocenters. The van der Waals surface area contributed by atoms with Crippen LogP contribution >= 0.6 is 0 Å². The number of nitrogens with two attached hydrogens (primary N) is 1. The van der Waals surface area contributed by atoms with E-state index in [1.54, 1.807) is 11.8 Å². The maximum Gasteiger partial charge on any atom is 0.143 e. The van der Waals surface area contributed by atoms with Crippen LogP contribution in [-0.2, 0) is 13.6 Å². The van der Waals surface area contributed by atoms with Crippen molar-refractivity contribution in [2.24, 2.45) is 7.05 Å². The van der Waals surface area contributed by atoms with Gasteiger partial charge >= 0.3 is 0 Å². The monoisotopic (exact) mass is 246 g/mol. The van der Waals surface area contributed by atoms with Gasteiger partial charge in [-0.2, -0.15) is 5.10 Å². The van der Waals surface area contributed by atoms with Crippen LogP contribution in [-0.4, -0.2) is 23.9 Å². The molecule has 1 aromatic heterocycles. The summed E-state index contributed by atoms with van der Waals surface area (Å²) in [7, 11) is 5.53. The minimum Gasteiger partial charge on any atom is -0.495 e. The summed E-state index contributed by atoms with van der Waals surface area (Å²) in [6.07, 6.45) is 3.85. The van der Waals surface area contributed by atoms with Crippen LogP contribution in [0.2, 0.25) is 0 Å². The van der Waals surface area contributed by atoms with E-state index in [9.17, 15) is 0 Å². The van der Waals surface area contributed by atoms with Gasteiger partial charge in [-0.25, -0.2) is 0 Å². The number of aryl methyl sites for hydroxylation is 1. The van der Waals surface area contributed by atoms with Gasteiger partial charge in [0.05, 0.1) is 24.7 Å². The Bertz CT molecular complexity index is 536. The lowest BCUT2D eigenvalue weighted by Crippen LogP contribution is -2.17. The Labute approximate surface area is 107 Å². The molecule has 1 aromatic carbocycles. The molecule has 0 fully saturated rings. The number of hydrogen-bond donors (Lipinski definition) is 1. The lowest BCUT2D eigenvalue weighted by molar-refractivity contribution is 0.417. The van der Waals surface area contributed by atoms with Gasteiger partial charge in [-0.15, -0.1) is 0 Å². The summed E-state index contributed by atoms with van der Waals surface area (Å²) in [5, 5.41) is 4.15. The number of nitrogens with zero attached hydrogens (tertiary/aromatic N) is 3. The molecular formula is C13H18N4O. The van der Waals surface area contributed by atoms with Crippen molar-refractivity contribution in [1.29, 1.82) is 0 Å². The van der Waals surface area contributed by atoms with Gasteiger partial charge in [-0.05, 0) is 12.1 Å². The molecule has 2 N–H and O–H groups in total. The van der Waals surface area contributed by atoms with E-state index in [1.165, 1.54) is 0 Å². The van der Waals surface area contributed by atoms with Crippen molar-refractivity contribution in [1.82, 2.24) is 9.78 Å². The summed E-state index contributed by atoms with van der Waals surface area (Å²) in [6.45, 7) is 0.755. The highest BCUT2D eigenvalue weighted by Gasteiger charge is 2.10. The van der Waals surface area contributed by atoms with Gasteiger partial charge in [0, 0.05) is 32.4 Å². The first kappa shape index (κ1) is 12.3. The number of anilines is 2. The summed E-state index contributed by atoms with van der Waals surface area (Å²) >= 11 is 0. The van der Waals surface area contributed by atoms with E-state index < -0.39 is 0 Å². The predicted molar refractivity (Wildman–Crippen MR) is 72.7 cm³/mol. The van der Waals surface area contributed by atoms with Crippen molar-refractivity contribution in [3.63, 3.8) is 0 Å². The Morgan fingerprint density at radius 1 is 1.44 bits per heavy atom. The number of benzene rings is 1. The molecule has 0 atom stereocenters. The van der Waals surface area contributed by atoms with Crippen molar-refractivity contribution in [3.05, 3.63) is 36.2 Å². The topological polar surface area (TPSA) is 56.3 Å². The maximum absolute atomic E-state index is 6.07. The molecule has 0 aliphatic rings. The molecule has 0 aliphatic carbocycles. The number of aromatic nitrogens is 2. The van der Waals surface area contributed by atoms with Gasteiger partial charge in [-0.1, -0.05) is 6.07 Å². The highest BCUT2D eigenvalue weighted by molar-refractivity contribution is 5.73. The van der Waals surface area contributed by atoms with Crippen LogP contribution in [0.4, 0.5) is 11.4 Å². The summed E-state index contributed by atoms with van der Waals surface area (Å²) in [5.41, 5.74) is 8.82. The molecule has 0 saturated carbocycles. The minimum atomic E-state index is 0.659. The van der Waals surface area contributed by atoms with E-state index in [0.29, 0.717) is 11.4 Å². The molecule has 96 valence electrons. The van der Waals surface area contributed by atoms with E-state index in [2.05, 4.69) is 10.00 Å². The van der Waals surface area contributed by atoms with E-state index in [1.807, 2.05) is 44.7 Å². The maximum atomic E-state index is 6.07. The van der Waals surface area contributed by atoms with E-state index >= 15 is 0 Å². The van der Waals surface area contributed by atoms with Gasteiger partial charge in [0.25, 0.3) is 0 Å². The fourth-order valence-electron chi connectivity index (χ4n) is 1.96. The molecule has 0 radical (unpaired) electrons. The van der Waals surface area contributed by atoms with Crippen molar-refractivity contribution in [2.45, 2.75) is 6.54 Å². The first-order chi connectivity index (χ1) is 8.61. The second kappa shape index (κ2) is 5.00. The quantitative estimate of drug-likeness (QED) is 0.833. The zero-order valence-electron chi connectivity index (χ0n) is 10.9. The number of para-hydroxylation sites is 1. The molecule has 0 aliphatic heterocycles. The number of nitrogen functional groups attached to an aromatic ring is 1. The van der Waals surface area contributed by atoms with Crippen LogP contribution < -0.4 is 15.4 Å².